The summed E-state index contributed by atoms with van der Waals surface area (Å²) in [7, 11) is 2.88. The first-order valence-corrected chi connectivity index (χ1v) is 10.8. The zero-order valence-corrected chi connectivity index (χ0v) is 19.5. The van der Waals surface area contributed by atoms with Gasteiger partial charge in [-0.25, -0.2) is 0 Å². The number of amides is 1. The Kier molecular flexibility index (Phi) is 7.66. The molecule has 1 aliphatic rings. The van der Waals surface area contributed by atoms with Crippen molar-refractivity contribution in [3.05, 3.63) is 70.8 Å². The maximum absolute atomic E-state index is 13.1. The van der Waals surface area contributed by atoms with Crippen LogP contribution < -0.4 is 14.2 Å². The first-order chi connectivity index (χ1) is 15.9. The van der Waals surface area contributed by atoms with Crippen molar-refractivity contribution in [2.75, 3.05) is 27.4 Å². The number of carbonyl (C=O) groups is 2. The van der Waals surface area contributed by atoms with Crippen molar-refractivity contribution in [1.29, 1.82) is 0 Å². The molecule has 2 aromatic carbocycles. The SMILES string of the molecule is C=CCOc1cccc(C2/C(=C(\O)c3cc(Cl)c(OC)cc3OC)C(=O)C(=O)N2CCC)c1. The highest BCUT2D eigenvalue weighted by Crippen LogP contribution is 2.43. The molecule has 0 aromatic heterocycles. The summed E-state index contributed by atoms with van der Waals surface area (Å²) in [6, 6.07) is 9.22. The van der Waals surface area contributed by atoms with Crippen molar-refractivity contribution in [3.63, 3.8) is 0 Å². The van der Waals surface area contributed by atoms with Gasteiger partial charge in [0, 0.05) is 12.6 Å². The predicted octanol–water partition coefficient (Wildman–Crippen LogP) is 4.75. The van der Waals surface area contributed by atoms with E-state index in [1.54, 1.807) is 30.3 Å². The van der Waals surface area contributed by atoms with Crippen LogP contribution in [0.3, 0.4) is 0 Å². The Morgan fingerprint density at radius 2 is 1.91 bits per heavy atom. The average molecular weight is 472 g/mol. The molecule has 0 saturated carbocycles. The molecule has 1 heterocycles. The van der Waals surface area contributed by atoms with Gasteiger partial charge in [-0.15, -0.1) is 0 Å². The van der Waals surface area contributed by atoms with E-state index in [9.17, 15) is 14.7 Å². The zero-order chi connectivity index (χ0) is 24.1. The maximum Gasteiger partial charge on any atom is 0.295 e. The Hall–Kier alpha value is -3.45. The van der Waals surface area contributed by atoms with Crippen molar-refractivity contribution >= 4 is 29.1 Å². The lowest BCUT2D eigenvalue weighted by molar-refractivity contribution is -0.139. The second-order valence-corrected chi connectivity index (χ2v) is 7.76. The Balaban J connectivity index is 2.22. The van der Waals surface area contributed by atoms with Gasteiger partial charge < -0.3 is 24.2 Å². The minimum absolute atomic E-state index is 0.0474. The molecule has 1 atom stereocenters. The lowest BCUT2D eigenvalue weighted by Crippen LogP contribution is -2.30. The average Bonchev–Trinajstić information content (AvgIpc) is 3.07. The largest absolute Gasteiger partial charge is 0.507 e. The third kappa shape index (κ3) is 4.68. The lowest BCUT2D eigenvalue weighted by atomic mass is 9.94. The van der Waals surface area contributed by atoms with Gasteiger partial charge in [0.25, 0.3) is 11.7 Å². The van der Waals surface area contributed by atoms with Crippen LogP contribution in [0.1, 0.15) is 30.5 Å². The van der Waals surface area contributed by atoms with Crippen molar-refractivity contribution in [2.45, 2.75) is 19.4 Å². The molecule has 3 rings (SSSR count). The zero-order valence-electron chi connectivity index (χ0n) is 18.8. The van der Waals surface area contributed by atoms with Crippen LogP contribution >= 0.6 is 11.6 Å². The number of hydrogen-bond acceptors (Lipinski definition) is 6. The van der Waals surface area contributed by atoms with Crippen LogP contribution in [-0.2, 0) is 9.59 Å². The molecule has 2 aromatic rings. The molecule has 33 heavy (non-hydrogen) atoms. The third-order valence-electron chi connectivity index (χ3n) is 5.28. The number of halogens is 1. The number of carbonyl (C=O) groups excluding carboxylic acids is 2. The monoisotopic (exact) mass is 471 g/mol. The number of likely N-dealkylation sites (tertiary alicyclic amines) is 1. The summed E-state index contributed by atoms with van der Waals surface area (Å²) in [5.74, 6) is -0.690. The van der Waals surface area contributed by atoms with Gasteiger partial charge in [0.15, 0.2) is 0 Å². The second-order valence-electron chi connectivity index (χ2n) is 7.35. The molecule has 1 fully saturated rings. The Morgan fingerprint density at radius 1 is 1.18 bits per heavy atom. The molecule has 174 valence electrons. The van der Waals surface area contributed by atoms with E-state index in [4.69, 9.17) is 25.8 Å². The van der Waals surface area contributed by atoms with Crippen LogP contribution in [0.15, 0.2) is 54.6 Å². The van der Waals surface area contributed by atoms with Gasteiger partial charge in [-0.05, 0) is 30.2 Å². The molecule has 1 amide bonds. The summed E-state index contributed by atoms with van der Waals surface area (Å²) in [6.07, 6.45) is 2.25. The Morgan fingerprint density at radius 3 is 2.55 bits per heavy atom. The van der Waals surface area contributed by atoms with Crippen molar-refractivity contribution in [2.24, 2.45) is 0 Å². The number of benzene rings is 2. The standard InChI is InChI=1S/C25H26ClNO6/c1-5-10-27-22(15-8-7-9-16(12-15)33-11-6-2)21(24(29)25(27)30)23(28)17-13-18(26)20(32-4)14-19(17)31-3/h6-9,12-14,22,28H,2,5,10-11H2,1,3-4H3/b23-21+. The summed E-state index contributed by atoms with van der Waals surface area (Å²) >= 11 is 6.27. The van der Waals surface area contributed by atoms with Crippen molar-refractivity contribution in [1.82, 2.24) is 4.90 Å². The van der Waals surface area contributed by atoms with Crippen LogP contribution in [-0.4, -0.2) is 49.1 Å². The minimum atomic E-state index is -0.803. The maximum atomic E-state index is 13.1. The number of methoxy groups -OCH3 is 2. The Labute approximate surface area is 197 Å². The van der Waals surface area contributed by atoms with Crippen LogP contribution in [0.5, 0.6) is 17.2 Å². The smallest absolute Gasteiger partial charge is 0.295 e. The molecule has 1 unspecified atom stereocenters. The van der Waals surface area contributed by atoms with E-state index in [0.29, 0.717) is 36.6 Å². The molecule has 7 nitrogen and oxygen atoms in total. The molecule has 1 aliphatic heterocycles. The summed E-state index contributed by atoms with van der Waals surface area (Å²) in [6.45, 7) is 6.19. The predicted molar refractivity (Wildman–Crippen MR) is 126 cm³/mol. The van der Waals surface area contributed by atoms with Crippen molar-refractivity contribution < 1.29 is 28.9 Å². The first-order valence-electron chi connectivity index (χ1n) is 10.4. The van der Waals surface area contributed by atoms with E-state index in [-0.39, 0.29) is 27.7 Å². The van der Waals surface area contributed by atoms with Gasteiger partial charge in [-0.3, -0.25) is 9.59 Å². The summed E-state index contributed by atoms with van der Waals surface area (Å²) < 4.78 is 16.2. The highest BCUT2D eigenvalue weighted by Gasteiger charge is 2.46. The van der Waals surface area contributed by atoms with E-state index in [2.05, 4.69) is 6.58 Å². The molecule has 1 N–H and O–H groups in total. The number of hydrogen-bond donors (Lipinski definition) is 1. The highest BCUT2D eigenvalue weighted by atomic mass is 35.5. The molecule has 0 spiro atoms. The van der Waals surface area contributed by atoms with E-state index >= 15 is 0 Å². The number of rotatable bonds is 9. The van der Waals surface area contributed by atoms with Gasteiger partial charge in [0.2, 0.25) is 0 Å². The number of nitrogens with zero attached hydrogens (tertiary/aromatic N) is 1. The highest BCUT2D eigenvalue weighted by molar-refractivity contribution is 6.46. The fourth-order valence-electron chi connectivity index (χ4n) is 3.82. The number of Topliss-reactive ketones (excluding diaryl/α,β-unsaturated/α-hetero) is 1. The van der Waals surface area contributed by atoms with E-state index in [1.165, 1.54) is 31.3 Å². The van der Waals surface area contributed by atoms with Gasteiger partial charge >= 0.3 is 0 Å². The van der Waals surface area contributed by atoms with Gasteiger partial charge in [0.1, 0.15) is 29.6 Å². The normalized spacial score (nSPS) is 17.2. The fourth-order valence-corrected chi connectivity index (χ4v) is 4.06. The summed E-state index contributed by atoms with van der Waals surface area (Å²) in [5, 5.41) is 11.5. The van der Waals surface area contributed by atoms with Gasteiger partial charge in [-0.2, -0.15) is 0 Å². The molecule has 8 heteroatoms. The van der Waals surface area contributed by atoms with Crippen molar-refractivity contribution in [3.8, 4) is 17.2 Å². The molecule has 1 saturated heterocycles. The van der Waals surface area contributed by atoms with E-state index in [0.717, 1.165) is 0 Å². The lowest BCUT2D eigenvalue weighted by Gasteiger charge is -2.25. The summed E-state index contributed by atoms with van der Waals surface area (Å²) in [5.41, 5.74) is 0.764. The number of ketones is 1. The number of aliphatic hydroxyl groups is 1. The first kappa shape index (κ1) is 24.2. The Bertz CT molecular complexity index is 1110. The quantitative estimate of drug-likeness (QED) is 0.246. The van der Waals surface area contributed by atoms with E-state index in [1.807, 2.05) is 6.92 Å². The van der Waals surface area contributed by atoms with Crippen LogP contribution in [0.4, 0.5) is 0 Å². The molecule has 0 bridgehead atoms. The minimum Gasteiger partial charge on any atom is -0.507 e. The topological polar surface area (TPSA) is 85.3 Å². The molecular formula is C25H26ClNO6. The molecule has 0 radical (unpaired) electrons. The molecule has 0 aliphatic carbocycles. The van der Waals surface area contributed by atoms with E-state index < -0.39 is 17.7 Å². The van der Waals surface area contributed by atoms with Crippen LogP contribution in [0.2, 0.25) is 5.02 Å². The molecular weight excluding hydrogens is 446 g/mol. The van der Waals surface area contributed by atoms with Crippen LogP contribution in [0.25, 0.3) is 5.76 Å². The van der Waals surface area contributed by atoms with Gasteiger partial charge in [0.05, 0.1) is 36.4 Å². The van der Waals surface area contributed by atoms with Gasteiger partial charge in [-0.1, -0.05) is 43.3 Å². The second kappa shape index (κ2) is 10.4. The van der Waals surface area contributed by atoms with Crippen LogP contribution in [0, 0.1) is 0 Å². The number of aliphatic hydroxyl groups excluding tert-OH is 1. The summed E-state index contributed by atoms with van der Waals surface area (Å²) in [4.78, 5) is 27.5. The fraction of sp³-hybridized carbons (Fsp3) is 0.280. The number of ether oxygens (including phenoxy) is 3. The third-order valence-corrected chi connectivity index (χ3v) is 5.57.